The van der Waals surface area contributed by atoms with Gasteiger partial charge in [-0.05, 0) is 24.3 Å². The van der Waals surface area contributed by atoms with Crippen LogP contribution in [0.25, 0.3) is 0 Å². The molecule has 3 amide bonds. The maximum atomic E-state index is 11.8. The van der Waals surface area contributed by atoms with Crippen molar-refractivity contribution in [2.75, 3.05) is 29.0 Å². The van der Waals surface area contributed by atoms with E-state index < -0.39 is 5.91 Å². The lowest BCUT2D eigenvalue weighted by Crippen LogP contribution is -2.27. The molecule has 1 fully saturated rings. The molecule has 9 nitrogen and oxygen atoms in total. The maximum absolute atomic E-state index is 11.8. The number of carbonyl (C=O) groups excluding carboxylic acids is 2. The van der Waals surface area contributed by atoms with E-state index in [2.05, 4.69) is 25.8 Å². The van der Waals surface area contributed by atoms with Crippen LogP contribution in [0, 0.1) is 0 Å². The van der Waals surface area contributed by atoms with Crippen molar-refractivity contribution < 1.29 is 9.59 Å². The van der Waals surface area contributed by atoms with Crippen molar-refractivity contribution in [2.24, 2.45) is 0 Å². The monoisotopic (exact) mass is 287 g/mol. The summed E-state index contributed by atoms with van der Waals surface area (Å²) in [6, 6.07) is 6.81. The summed E-state index contributed by atoms with van der Waals surface area (Å²) in [4.78, 5) is 28.7. The molecule has 1 aliphatic rings. The van der Waals surface area contributed by atoms with Gasteiger partial charge in [-0.15, -0.1) is 5.10 Å². The lowest BCUT2D eigenvalue weighted by Gasteiger charge is -2.14. The predicted octanol–water partition coefficient (Wildman–Crippen LogP) is 0.169. The van der Waals surface area contributed by atoms with Gasteiger partial charge in [0.25, 0.3) is 5.91 Å². The number of H-pyrrole nitrogens is 1. The average molecular weight is 287 g/mol. The number of anilines is 3. The number of hydrogen-bond donors (Lipinski definition) is 4. The zero-order valence-corrected chi connectivity index (χ0v) is 11.0. The minimum absolute atomic E-state index is 0.00976. The molecule has 108 valence electrons. The number of nitrogens with one attached hydrogen (secondary N) is 3. The average Bonchev–Trinajstić information content (AvgIpc) is 3.08. The van der Waals surface area contributed by atoms with Gasteiger partial charge < -0.3 is 16.4 Å². The molecule has 0 aliphatic carbocycles. The number of nitrogen functional groups attached to an aromatic ring is 1. The molecule has 9 heteroatoms. The van der Waals surface area contributed by atoms with Gasteiger partial charge in [0.15, 0.2) is 0 Å². The Kier molecular flexibility index (Phi) is 3.14. The number of urea groups is 1. The Hall–Kier alpha value is -3.10. The third kappa shape index (κ3) is 2.61. The number of aromatic nitrogens is 3. The highest BCUT2D eigenvalue weighted by Crippen LogP contribution is 2.19. The molecular formula is C12H13N7O2. The van der Waals surface area contributed by atoms with Crippen molar-refractivity contribution in [1.82, 2.24) is 20.5 Å². The van der Waals surface area contributed by atoms with Crippen molar-refractivity contribution in [2.45, 2.75) is 0 Å². The molecule has 21 heavy (non-hydrogen) atoms. The fourth-order valence-electron chi connectivity index (χ4n) is 2.01. The summed E-state index contributed by atoms with van der Waals surface area (Å²) in [6.07, 6.45) is 0. The summed E-state index contributed by atoms with van der Waals surface area (Å²) in [5.41, 5.74) is 6.69. The van der Waals surface area contributed by atoms with Gasteiger partial charge in [0.05, 0.1) is 0 Å². The molecule has 0 unspecified atom stereocenters. The Labute approximate surface area is 119 Å². The van der Waals surface area contributed by atoms with E-state index in [9.17, 15) is 9.59 Å². The SMILES string of the molecule is Nc1n[nH]c(C(=O)Nc2ccc(N3CCNC3=O)cc2)n1. The molecule has 1 saturated heterocycles. The van der Waals surface area contributed by atoms with Gasteiger partial charge in [0.2, 0.25) is 11.8 Å². The smallest absolute Gasteiger partial charge is 0.321 e. The van der Waals surface area contributed by atoms with Gasteiger partial charge in [0, 0.05) is 24.5 Å². The Morgan fingerprint density at radius 2 is 2.10 bits per heavy atom. The van der Waals surface area contributed by atoms with Crippen LogP contribution in [0.4, 0.5) is 22.1 Å². The number of nitrogens with zero attached hydrogens (tertiary/aromatic N) is 3. The molecule has 5 N–H and O–H groups in total. The third-order valence-corrected chi connectivity index (χ3v) is 3.01. The summed E-state index contributed by atoms with van der Waals surface area (Å²) in [7, 11) is 0. The van der Waals surface area contributed by atoms with E-state index in [0.29, 0.717) is 18.8 Å². The van der Waals surface area contributed by atoms with Crippen molar-refractivity contribution >= 4 is 29.3 Å². The second-order valence-corrected chi connectivity index (χ2v) is 4.43. The largest absolute Gasteiger partial charge is 0.366 e. The van der Waals surface area contributed by atoms with Crippen LogP contribution in [-0.4, -0.2) is 40.2 Å². The lowest BCUT2D eigenvalue weighted by atomic mass is 10.2. The minimum Gasteiger partial charge on any atom is -0.366 e. The molecule has 0 bridgehead atoms. The topological polar surface area (TPSA) is 129 Å². The summed E-state index contributed by atoms with van der Waals surface area (Å²) < 4.78 is 0. The van der Waals surface area contributed by atoms with Crippen LogP contribution in [0.5, 0.6) is 0 Å². The van der Waals surface area contributed by atoms with Crippen LogP contribution in [0.2, 0.25) is 0 Å². The first-order valence-corrected chi connectivity index (χ1v) is 6.28. The lowest BCUT2D eigenvalue weighted by molar-refractivity contribution is 0.101. The van der Waals surface area contributed by atoms with E-state index in [1.54, 1.807) is 29.2 Å². The highest BCUT2D eigenvalue weighted by Gasteiger charge is 2.20. The summed E-state index contributed by atoms with van der Waals surface area (Å²) in [5.74, 6) is -0.392. The Morgan fingerprint density at radius 1 is 1.33 bits per heavy atom. The molecule has 0 saturated carbocycles. The number of rotatable bonds is 3. The number of amides is 3. The van der Waals surface area contributed by atoms with E-state index in [1.807, 2.05) is 0 Å². The molecule has 1 aromatic heterocycles. The van der Waals surface area contributed by atoms with Gasteiger partial charge in [-0.2, -0.15) is 4.98 Å². The van der Waals surface area contributed by atoms with Gasteiger partial charge in [-0.25, -0.2) is 4.79 Å². The number of nitrogens with two attached hydrogens (primary N) is 1. The molecular weight excluding hydrogens is 274 g/mol. The number of aromatic amines is 1. The molecule has 0 radical (unpaired) electrons. The van der Waals surface area contributed by atoms with E-state index in [4.69, 9.17) is 5.73 Å². The zero-order valence-electron chi connectivity index (χ0n) is 11.0. The van der Waals surface area contributed by atoms with Crippen LogP contribution in [0.15, 0.2) is 24.3 Å². The molecule has 2 aromatic rings. The van der Waals surface area contributed by atoms with Gasteiger partial charge >= 0.3 is 6.03 Å². The van der Waals surface area contributed by atoms with Gasteiger partial charge in [-0.3, -0.25) is 14.8 Å². The quantitative estimate of drug-likeness (QED) is 0.639. The van der Waals surface area contributed by atoms with Gasteiger partial charge in [-0.1, -0.05) is 0 Å². The van der Waals surface area contributed by atoms with Crippen LogP contribution in [0.3, 0.4) is 0 Å². The number of hydrogen-bond acceptors (Lipinski definition) is 5. The zero-order chi connectivity index (χ0) is 14.8. The second kappa shape index (κ2) is 5.12. The van der Waals surface area contributed by atoms with Crippen molar-refractivity contribution in [3.8, 4) is 0 Å². The van der Waals surface area contributed by atoms with Crippen molar-refractivity contribution in [3.63, 3.8) is 0 Å². The van der Waals surface area contributed by atoms with E-state index in [-0.39, 0.29) is 17.8 Å². The first-order chi connectivity index (χ1) is 10.1. The fraction of sp³-hybridized carbons (Fsp3) is 0.167. The predicted molar refractivity (Wildman–Crippen MR) is 75.9 cm³/mol. The third-order valence-electron chi connectivity index (χ3n) is 3.01. The fourth-order valence-corrected chi connectivity index (χ4v) is 2.01. The minimum atomic E-state index is -0.439. The summed E-state index contributed by atoms with van der Waals surface area (Å²) >= 11 is 0. The van der Waals surface area contributed by atoms with Crippen LogP contribution in [0.1, 0.15) is 10.6 Å². The maximum Gasteiger partial charge on any atom is 0.321 e. The van der Waals surface area contributed by atoms with Crippen LogP contribution in [-0.2, 0) is 0 Å². The van der Waals surface area contributed by atoms with E-state index >= 15 is 0 Å². The molecule has 1 aromatic carbocycles. The highest BCUT2D eigenvalue weighted by molar-refractivity contribution is 6.02. The Balaban J connectivity index is 1.69. The Bertz CT molecular complexity index is 679. The van der Waals surface area contributed by atoms with Crippen LogP contribution < -0.4 is 21.3 Å². The van der Waals surface area contributed by atoms with Crippen molar-refractivity contribution in [3.05, 3.63) is 30.1 Å². The number of carbonyl (C=O) groups is 2. The molecule has 1 aliphatic heterocycles. The second-order valence-electron chi connectivity index (χ2n) is 4.43. The summed E-state index contributed by atoms with van der Waals surface area (Å²) in [5, 5.41) is 11.4. The standard InChI is InChI=1S/C12H13N7O2/c13-11-16-9(17-18-11)10(20)15-7-1-3-8(4-2-7)19-6-5-14-12(19)21/h1-4H,5-6H2,(H,14,21)(H,15,20)(H3,13,16,17,18). The number of benzene rings is 1. The first-order valence-electron chi connectivity index (χ1n) is 6.28. The van der Waals surface area contributed by atoms with E-state index in [0.717, 1.165) is 5.69 Å². The molecule has 0 spiro atoms. The summed E-state index contributed by atoms with van der Waals surface area (Å²) in [6.45, 7) is 1.26. The van der Waals surface area contributed by atoms with Crippen molar-refractivity contribution in [1.29, 1.82) is 0 Å². The highest BCUT2D eigenvalue weighted by atomic mass is 16.2. The Morgan fingerprint density at radius 3 is 2.67 bits per heavy atom. The van der Waals surface area contributed by atoms with Gasteiger partial charge in [0.1, 0.15) is 0 Å². The normalized spacial score (nSPS) is 14.1. The molecule has 3 rings (SSSR count). The molecule has 0 atom stereocenters. The molecule has 2 heterocycles. The van der Waals surface area contributed by atoms with Crippen LogP contribution >= 0.6 is 0 Å². The first kappa shape index (κ1) is 12.9. The van der Waals surface area contributed by atoms with E-state index in [1.165, 1.54) is 0 Å².